The van der Waals surface area contributed by atoms with Crippen LogP contribution in [-0.4, -0.2) is 141 Å². The summed E-state index contributed by atoms with van der Waals surface area (Å²) in [6.07, 6.45) is 0.820. The predicted octanol–water partition coefficient (Wildman–Crippen LogP) is 6.78. The number of amides is 3. The Labute approximate surface area is 439 Å². The molecule has 19 nitrogen and oxygen atoms in total. The molecule has 3 aromatic heterocycles. The molecular formula is C52H65N7O12S3. The Kier molecular flexibility index (Phi) is 19.1. The number of rotatable bonds is 25. The molecule has 74 heavy (non-hydrogen) atoms. The Bertz CT molecular complexity index is 2970. The highest BCUT2D eigenvalue weighted by atomic mass is 32.2. The lowest BCUT2D eigenvalue weighted by Gasteiger charge is -2.35. The highest BCUT2D eigenvalue weighted by Crippen LogP contribution is 2.36. The topological polar surface area (TPSA) is 239 Å². The number of carbonyl (C=O) groups is 3. The zero-order valence-corrected chi connectivity index (χ0v) is 45.1. The molecule has 0 aliphatic carbocycles. The third-order valence-electron chi connectivity index (χ3n) is 11.6. The number of thiazole rings is 2. The second kappa shape index (κ2) is 25.2. The zero-order chi connectivity index (χ0) is 53.0. The number of benzene rings is 3. The van der Waals surface area contributed by atoms with Gasteiger partial charge in [0.1, 0.15) is 35.9 Å². The van der Waals surface area contributed by atoms with Gasteiger partial charge in [-0.15, -0.1) is 22.7 Å². The first-order valence-electron chi connectivity index (χ1n) is 24.2. The van der Waals surface area contributed by atoms with Crippen molar-refractivity contribution in [2.24, 2.45) is 5.41 Å². The number of aliphatic hydroxyl groups is 1. The summed E-state index contributed by atoms with van der Waals surface area (Å²) >= 11 is 3.11. The normalized spacial score (nSPS) is 15.6. The molecule has 3 aromatic carbocycles. The van der Waals surface area contributed by atoms with Crippen molar-refractivity contribution in [2.45, 2.75) is 90.1 Å². The third kappa shape index (κ3) is 15.4. The summed E-state index contributed by atoms with van der Waals surface area (Å²) in [5, 5.41) is 20.2. The van der Waals surface area contributed by atoms with E-state index in [9.17, 15) is 27.9 Å². The van der Waals surface area contributed by atoms with Crippen LogP contribution in [0.15, 0.2) is 82.8 Å². The van der Waals surface area contributed by atoms with Gasteiger partial charge in [0.2, 0.25) is 17.7 Å². The largest absolute Gasteiger partial charge is 0.490 e. The smallest absolute Gasteiger partial charge is 0.301 e. The molecule has 7 rings (SSSR count). The summed E-state index contributed by atoms with van der Waals surface area (Å²) in [5.41, 5.74) is 7.52. The number of nitrogens with one attached hydrogen (secondary N) is 3. The van der Waals surface area contributed by atoms with Gasteiger partial charge < -0.3 is 49.6 Å². The van der Waals surface area contributed by atoms with Gasteiger partial charge in [0, 0.05) is 48.5 Å². The van der Waals surface area contributed by atoms with Crippen LogP contribution in [0.4, 0.5) is 11.4 Å². The van der Waals surface area contributed by atoms with E-state index in [1.807, 2.05) is 70.2 Å². The number of hydrogen-bond acceptors (Lipinski definition) is 18. The van der Waals surface area contributed by atoms with Gasteiger partial charge in [-0.3, -0.25) is 23.6 Å². The number of hydrogen-bond donors (Lipinski definition) is 4. The molecule has 4 N–H and O–H groups in total. The van der Waals surface area contributed by atoms with Gasteiger partial charge in [0.05, 0.1) is 95.3 Å². The Morgan fingerprint density at radius 1 is 0.811 bits per heavy atom. The van der Waals surface area contributed by atoms with Crippen LogP contribution in [0.5, 0.6) is 5.75 Å². The summed E-state index contributed by atoms with van der Waals surface area (Å²) in [6, 6.07) is 16.6. The van der Waals surface area contributed by atoms with Gasteiger partial charge in [-0.25, -0.2) is 9.97 Å². The lowest BCUT2D eigenvalue weighted by molar-refractivity contribution is -0.144. The highest BCUT2D eigenvalue weighted by molar-refractivity contribution is 7.87. The van der Waals surface area contributed by atoms with Gasteiger partial charge in [0.25, 0.3) is 0 Å². The fourth-order valence-electron chi connectivity index (χ4n) is 8.05. The summed E-state index contributed by atoms with van der Waals surface area (Å²) in [6.45, 7) is 13.8. The van der Waals surface area contributed by atoms with Crippen LogP contribution >= 0.6 is 22.7 Å². The first-order valence-corrected chi connectivity index (χ1v) is 27.4. The molecule has 0 spiro atoms. The maximum absolute atomic E-state index is 14.0. The van der Waals surface area contributed by atoms with E-state index in [-0.39, 0.29) is 95.5 Å². The number of likely N-dealkylation sites (tertiary alicyclic amines) is 1. The number of aromatic nitrogens is 3. The van der Waals surface area contributed by atoms with Crippen molar-refractivity contribution < 1.29 is 55.8 Å². The first-order chi connectivity index (χ1) is 35.3. The number of anilines is 2. The van der Waals surface area contributed by atoms with E-state index in [0.717, 1.165) is 37.6 Å². The molecule has 0 saturated carbocycles. The molecule has 0 bridgehead atoms. The van der Waals surface area contributed by atoms with Crippen molar-refractivity contribution in [3.05, 3.63) is 89.1 Å². The maximum atomic E-state index is 14.0. The molecule has 1 aliphatic rings. The van der Waals surface area contributed by atoms with E-state index in [1.165, 1.54) is 11.0 Å². The number of pyridine rings is 1. The average Bonchev–Trinajstić information content (AvgIpc) is 4.11. The number of fused-ring (bicyclic) bond motifs is 2. The molecule has 1 saturated heterocycles. The van der Waals surface area contributed by atoms with Crippen molar-refractivity contribution in [3.8, 4) is 16.2 Å². The third-order valence-corrected chi connectivity index (χ3v) is 15.0. The molecule has 0 unspecified atom stereocenters. The number of aliphatic hydroxyl groups excluding tert-OH is 1. The minimum absolute atomic E-state index is 0.0357. The summed E-state index contributed by atoms with van der Waals surface area (Å²) in [4.78, 5) is 55.9. The van der Waals surface area contributed by atoms with Gasteiger partial charge in [0.15, 0.2) is 0 Å². The van der Waals surface area contributed by atoms with Gasteiger partial charge in [-0.2, -0.15) is 8.42 Å². The summed E-state index contributed by atoms with van der Waals surface area (Å²) in [5.74, 6) is -1.29. The number of β-amino-alcohol motifs (C(OH)–C–C–N with tert-alkyl or cyclic N) is 1. The fourth-order valence-corrected chi connectivity index (χ4v) is 10.9. The Hall–Kier alpha value is -5.69. The van der Waals surface area contributed by atoms with Crippen LogP contribution in [0.3, 0.4) is 0 Å². The van der Waals surface area contributed by atoms with E-state index in [4.69, 9.17) is 27.9 Å². The second-order valence-corrected chi connectivity index (χ2v) is 22.9. The lowest BCUT2D eigenvalue weighted by Crippen LogP contribution is -2.58. The highest BCUT2D eigenvalue weighted by Gasteiger charge is 2.44. The molecule has 3 atom stereocenters. The first kappa shape index (κ1) is 56.0. The quantitative estimate of drug-likeness (QED) is 0.0341. The van der Waals surface area contributed by atoms with Gasteiger partial charge in [-0.1, -0.05) is 45.0 Å². The SMILES string of the molecule is Cc1ncsc1-c1ccc(CNC(=O)[C@@H]2C[C@@H](O)CN2C(=O)[C@@H](NC(=O)COCCOCCOCCOCCOc2cc3nccc(Nc4ccc5scnc5c4)c3cc2S(=O)(=O)OC(C)(C)C)C(C)(C)C)cc1. The van der Waals surface area contributed by atoms with Gasteiger partial charge in [-0.05, 0) is 74.6 Å². The molecule has 398 valence electrons. The van der Waals surface area contributed by atoms with E-state index < -0.39 is 51.1 Å². The maximum Gasteiger partial charge on any atom is 0.301 e. The monoisotopic (exact) mass is 1080 g/mol. The van der Waals surface area contributed by atoms with Crippen molar-refractivity contribution in [1.29, 1.82) is 0 Å². The van der Waals surface area contributed by atoms with Crippen molar-refractivity contribution >= 4 is 83.0 Å². The van der Waals surface area contributed by atoms with E-state index in [0.29, 0.717) is 16.6 Å². The zero-order valence-electron chi connectivity index (χ0n) is 42.7. The van der Waals surface area contributed by atoms with Crippen LogP contribution in [0.25, 0.3) is 31.6 Å². The fraction of sp³-hybridized carbons (Fsp3) is 0.462. The number of ether oxygens (including phenoxy) is 5. The Balaban J connectivity index is 0.783. The molecule has 1 fully saturated rings. The molecular weight excluding hydrogens is 1010 g/mol. The van der Waals surface area contributed by atoms with Crippen LogP contribution in [0, 0.1) is 12.3 Å². The van der Waals surface area contributed by atoms with E-state index in [1.54, 1.807) is 72.8 Å². The van der Waals surface area contributed by atoms with Crippen molar-refractivity contribution in [1.82, 2.24) is 30.5 Å². The lowest BCUT2D eigenvalue weighted by atomic mass is 9.85. The average molecular weight is 1080 g/mol. The van der Waals surface area contributed by atoms with Crippen LogP contribution in [-0.2, 0) is 54.2 Å². The van der Waals surface area contributed by atoms with Gasteiger partial charge >= 0.3 is 10.1 Å². The standard InChI is InChI=1S/C52H65N7O12S3/c1-33-47(73-31-55-33)35-10-8-34(9-11-35)28-54-49(62)42-25-37(60)29-59(42)50(63)48(51(2,3)4)58-46(61)30-69-21-20-67-17-16-66-18-19-68-22-23-70-43-27-40-38(26-45(43)74(64,65)71-52(5,6)7)39(14-15-53-40)57-36-12-13-44-41(24-36)56-32-72-44/h8-15,24,26-27,31-32,37,42,48,60H,16-23,25,28-30H2,1-7H3,(H,53,57)(H,54,62)(H,58,61)/t37-,42+,48-/m1/s1. The summed E-state index contributed by atoms with van der Waals surface area (Å²) < 4.78 is 62.2. The summed E-state index contributed by atoms with van der Waals surface area (Å²) in [7, 11) is -4.27. The molecule has 4 heterocycles. The van der Waals surface area contributed by atoms with Crippen molar-refractivity contribution in [3.63, 3.8) is 0 Å². The number of aryl methyl sites for hydroxylation is 1. The second-order valence-electron chi connectivity index (χ2n) is 19.7. The molecule has 3 amide bonds. The van der Waals surface area contributed by atoms with Crippen LogP contribution < -0.4 is 20.7 Å². The van der Waals surface area contributed by atoms with E-state index in [2.05, 4.69) is 30.9 Å². The molecule has 0 radical (unpaired) electrons. The predicted molar refractivity (Wildman–Crippen MR) is 283 cm³/mol. The minimum Gasteiger partial charge on any atom is -0.490 e. The van der Waals surface area contributed by atoms with Crippen LogP contribution in [0.1, 0.15) is 59.2 Å². The van der Waals surface area contributed by atoms with Crippen LogP contribution in [0.2, 0.25) is 0 Å². The molecule has 1 aliphatic heterocycles. The minimum atomic E-state index is -4.27. The Morgan fingerprint density at radius 3 is 2.15 bits per heavy atom. The van der Waals surface area contributed by atoms with Crippen molar-refractivity contribution in [2.75, 3.05) is 71.3 Å². The number of nitrogens with zero attached hydrogens (tertiary/aromatic N) is 4. The Morgan fingerprint density at radius 2 is 1.49 bits per heavy atom. The molecule has 6 aromatic rings. The van der Waals surface area contributed by atoms with E-state index >= 15 is 0 Å². The molecule has 22 heteroatoms. The number of carbonyl (C=O) groups excluding carboxylic acids is 3.